The lowest BCUT2D eigenvalue weighted by molar-refractivity contribution is -0.384. The summed E-state index contributed by atoms with van der Waals surface area (Å²) >= 11 is 5.64. The number of ketones is 1. The standard InChI is InChI=1S/C13H14ClNO5/c1-13(2,3)11(16)7-20-12(17)8-4-5-9(14)10(6-8)15(18)19/h4-6H,7H2,1-3H3. The zero-order chi connectivity index (χ0) is 15.5. The second-order valence-corrected chi connectivity index (χ2v) is 5.58. The molecule has 0 unspecified atom stereocenters. The van der Waals surface area contributed by atoms with Gasteiger partial charge in [-0.15, -0.1) is 0 Å². The molecule has 0 aliphatic heterocycles. The van der Waals surface area contributed by atoms with Crippen LogP contribution in [0.1, 0.15) is 31.1 Å². The Kier molecular flexibility index (Phi) is 4.83. The third kappa shape index (κ3) is 4.03. The second-order valence-electron chi connectivity index (χ2n) is 5.17. The van der Waals surface area contributed by atoms with Gasteiger partial charge in [0.15, 0.2) is 12.4 Å². The number of hydrogen-bond acceptors (Lipinski definition) is 5. The molecular weight excluding hydrogens is 286 g/mol. The Labute approximate surface area is 120 Å². The van der Waals surface area contributed by atoms with Crippen LogP contribution in [0, 0.1) is 15.5 Å². The van der Waals surface area contributed by atoms with Crippen molar-refractivity contribution in [2.24, 2.45) is 5.41 Å². The van der Waals surface area contributed by atoms with E-state index in [1.165, 1.54) is 12.1 Å². The average Bonchev–Trinajstić information content (AvgIpc) is 2.34. The molecule has 0 saturated carbocycles. The Morgan fingerprint density at radius 2 is 1.95 bits per heavy atom. The van der Waals surface area contributed by atoms with E-state index in [2.05, 4.69) is 0 Å². The molecule has 0 heterocycles. The van der Waals surface area contributed by atoms with Gasteiger partial charge in [-0.3, -0.25) is 14.9 Å². The fourth-order valence-electron chi connectivity index (χ4n) is 1.21. The Balaban J connectivity index is 2.81. The van der Waals surface area contributed by atoms with Crippen LogP contribution in [0.3, 0.4) is 0 Å². The van der Waals surface area contributed by atoms with Crippen LogP contribution >= 0.6 is 11.6 Å². The minimum atomic E-state index is -0.803. The lowest BCUT2D eigenvalue weighted by atomic mass is 9.91. The fraction of sp³-hybridized carbons (Fsp3) is 0.385. The highest BCUT2D eigenvalue weighted by Gasteiger charge is 2.23. The fourth-order valence-corrected chi connectivity index (χ4v) is 1.40. The van der Waals surface area contributed by atoms with Gasteiger partial charge in [-0.1, -0.05) is 32.4 Å². The van der Waals surface area contributed by atoms with Gasteiger partial charge in [-0.2, -0.15) is 0 Å². The molecule has 108 valence electrons. The van der Waals surface area contributed by atoms with E-state index in [1.54, 1.807) is 20.8 Å². The maximum absolute atomic E-state index is 11.7. The SMILES string of the molecule is CC(C)(C)C(=O)COC(=O)c1ccc(Cl)c([N+](=O)[O-])c1. The number of carbonyl (C=O) groups is 2. The predicted octanol–water partition coefficient (Wildman–Crippen LogP) is 3.02. The molecule has 0 bridgehead atoms. The van der Waals surface area contributed by atoms with Crippen LogP contribution in [0.15, 0.2) is 18.2 Å². The van der Waals surface area contributed by atoms with Crippen molar-refractivity contribution in [1.82, 2.24) is 0 Å². The van der Waals surface area contributed by atoms with Crippen LogP contribution in [0.5, 0.6) is 0 Å². The van der Waals surface area contributed by atoms with Gasteiger partial charge in [0, 0.05) is 11.5 Å². The van der Waals surface area contributed by atoms with Crippen molar-refractivity contribution in [3.05, 3.63) is 38.9 Å². The molecule has 0 atom stereocenters. The highest BCUT2D eigenvalue weighted by atomic mass is 35.5. The monoisotopic (exact) mass is 299 g/mol. The molecule has 1 aromatic rings. The van der Waals surface area contributed by atoms with E-state index in [0.29, 0.717) is 0 Å². The van der Waals surface area contributed by atoms with Crippen LogP contribution in [0.25, 0.3) is 0 Å². The van der Waals surface area contributed by atoms with Gasteiger partial charge in [0.1, 0.15) is 5.02 Å². The van der Waals surface area contributed by atoms with E-state index < -0.39 is 16.3 Å². The Hall–Kier alpha value is -1.95. The van der Waals surface area contributed by atoms with E-state index in [-0.39, 0.29) is 28.7 Å². The topological polar surface area (TPSA) is 86.5 Å². The number of nitro benzene ring substituents is 1. The van der Waals surface area contributed by atoms with Gasteiger partial charge < -0.3 is 4.74 Å². The summed E-state index contributed by atoms with van der Waals surface area (Å²) in [5.41, 5.74) is -1.03. The minimum Gasteiger partial charge on any atom is -0.454 e. The first-order chi connectivity index (χ1) is 9.12. The molecule has 0 aromatic heterocycles. The number of nitro groups is 1. The molecule has 0 saturated heterocycles. The largest absolute Gasteiger partial charge is 0.454 e. The molecule has 0 fully saturated rings. The van der Waals surface area contributed by atoms with E-state index in [1.807, 2.05) is 0 Å². The van der Waals surface area contributed by atoms with Crippen molar-refractivity contribution in [3.8, 4) is 0 Å². The second kappa shape index (κ2) is 6.00. The Morgan fingerprint density at radius 1 is 1.35 bits per heavy atom. The first-order valence-electron chi connectivity index (χ1n) is 5.77. The highest BCUT2D eigenvalue weighted by Crippen LogP contribution is 2.25. The van der Waals surface area contributed by atoms with Crippen molar-refractivity contribution in [3.63, 3.8) is 0 Å². The van der Waals surface area contributed by atoms with Crippen LogP contribution in [-0.4, -0.2) is 23.3 Å². The maximum Gasteiger partial charge on any atom is 0.338 e. The van der Waals surface area contributed by atoms with Crippen LogP contribution in [0.4, 0.5) is 5.69 Å². The molecule has 0 aliphatic carbocycles. The van der Waals surface area contributed by atoms with Crippen LogP contribution in [-0.2, 0) is 9.53 Å². The number of nitrogens with zero attached hydrogens (tertiary/aromatic N) is 1. The number of halogens is 1. The third-order valence-electron chi connectivity index (χ3n) is 2.55. The van der Waals surface area contributed by atoms with Gasteiger partial charge in [0.2, 0.25) is 0 Å². The molecule has 0 N–H and O–H groups in total. The summed E-state index contributed by atoms with van der Waals surface area (Å²) in [5, 5.41) is 10.6. The first-order valence-corrected chi connectivity index (χ1v) is 6.15. The zero-order valence-electron chi connectivity index (χ0n) is 11.3. The lowest BCUT2D eigenvalue weighted by Gasteiger charge is -2.16. The molecule has 1 aromatic carbocycles. The predicted molar refractivity (Wildman–Crippen MR) is 72.9 cm³/mol. The number of hydrogen-bond donors (Lipinski definition) is 0. The van der Waals surface area contributed by atoms with Crippen LogP contribution < -0.4 is 0 Å². The number of esters is 1. The van der Waals surface area contributed by atoms with E-state index in [9.17, 15) is 19.7 Å². The number of benzene rings is 1. The lowest BCUT2D eigenvalue weighted by Crippen LogP contribution is -2.26. The molecule has 0 aliphatic rings. The van der Waals surface area contributed by atoms with Crippen molar-refractivity contribution in [1.29, 1.82) is 0 Å². The number of rotatable bonds is 4. The zero-order valence-corrected chi connectivity index (χ0v) is 12.1. The summed E-state index contributed by atoms with van der Waals surface area (Å²) in [4.78, 5) is 33.4. The summed E-state index contributed by atoms with van der Waals surface area (Å²) in [7, 11) is 0. The van der Waals surface area contributed by atoms with Gasteiger partial charge in [-0.25, -0.2) is 4.79 Å². The molecular formula is C13H14ClNO5. The van der Waals surface area contributed by atoms with Crippen LogP contribution in [0.2, 0.25) is 5.02 Å². The van der Waals surface area contributed by atoms with Crippen molar-refractivity contribution in [2.45, 2.75) is 20.8 Å². The number of ether oxygens (including phenoxy) is 1. The third-order valence-corrected chi connectivity index (χ3v) is 2.87. The molecule has 0 radical (unpaired) electrons. The van der Waals surface area contributed by atoms with Gasteiger partial charge in [-0.05, 0) is 12.1 Å². The first kappa shape index (κ1) is 16.1. The smallest absolute Gasteiger partial charge is 0.338 e. The molecule has 6 nitrogen and oxygen atoms in total. The Morgan fingerprint density at radius 3 is 2.45 bits per heavy atom. The molecule has 1 rings (SSSR count). The summed E-state index contributed by atoms with van der Waals surface area (Å²) in [6.45, 7) is 4.74. The quantitative estimate of drug-likeness (QED) is 0.484. The summed E-state index contributed by atoms with van der Waals surface area (Å²) in [5.74, 6) is -1.04. The normalized spacial score (nSPS) is 11.0. The maximum atomic E-state index is 11.7. The average molecular weight is 300 g/mol. The van der Waals surface area contributed by atoms with Gasteiger partial charge in [0.25, 0.3) is 5.69 Å². The van der Waals surface area contributed by atoms with Gasteiger partial charge >= 0.3 is 5.97 Å². The molecule has 0 amide bonds. The molecule has 0 spiro atoms. The van der Waals surface area contributed by atoms with Gasteiger partial charge in [0.05, 0.1) is 10.5 Å². The highest BCUT2D eigenvalue weighted by molar-refractivity contribution is 6.32. The van der Waals surface area contributed by atoms with E-state index >= 15 is 0 Å². The van der Waals surface area contributed by atoms with Crippen molar-refractivity contribution < 1.29 is 19.2 Å². The number of carbonyl (C=O) groups excluding carboxylic acids is 2. The molecule has 20 heavy (non-hydrogen) atoms. The van der Waals surface area contributed by atoms with Crippen molar-refractivity contribution in [2.75, 3.05) is 6.61 Å². The summed E-state index contributed by atoms with van der Waals surface area (Å²) < 4.78 is 4.84. The minimum absolute atomic E-state index is 0.0252. The van der Waals surface area contributed by atoms with E-state index in [0.717, 1.165) is 6.07 Å². The number of Topliss-reactive ketones (excluding diaryl/α,β-unsaturated/α-hetero) is 1. The molecule has 7 heteroatoms. The summed E-state index contributed by atoms with van der Waals surface area (Å²) in [6, 6.07) is 3.56. The summed E-state index contributed by atoms with van der Waals surface area (Å²) in [6.07, 6.45) is 0. The van der Waals surface area contributed by atoms with E-state index in [4.69, 9.17) is 16.3 Å². The Bertz CT molecular complexity index is 562. The van der Waals surface area contributed by atoms with Crippen molar-refractivity contribution >= 4 is 29.0 Å².